The minimum Gasteiger partial charge on any atom is -0.465 e. The third-order valence-corrected chi connectivity index (χ3v) is 2.85. The van der Waals surface area contributed by atoms with Crippen LogP contribution in [0.25, 0.3) is 22.9 Å². The topological polar surface area (TPSA) is 93.6 Å². The van der Waals surface area contributed by atoms with Crippen LogP contribution in [0.1, 0.15) is 10.4 Å². The van der Waals surface area contributed by atoms with Crippen LogP contribution in [0.4, 0.5) is 0 Å². The number of aromatic amines is 1. The van der Waals surface area contributed by atoms with E-state index in [0.29, 0.717) is 22.9 Å². The summed E-state index contributed by atoms with van der Waals surface area (Å²) in [5.74, 6) is 0.661. The van der Waals surface area contributed by atoms with Gasteiger partial charge in [-0.2, -0.15) is 5.10 Å². The Labute approximate surface area is 120 Å². The van der Waals surface area contributed by atoms with Crippen molar-refractivity contribution in [1.82, 2.24) is 25.1 Å². The Hall–Kier alpha value is -3.09. The molecule has 0 amide bonds. The SMILES string of the molecule is COC(=O)c1ccc(-c2nc(-c3ccncc3)n[nH]2)nc1. The Morgan fingerprint density at radius 1 is 1.19 bits per heavy atom. The molecule has 0 radical (unpaired) electrons. The van der Waals surface area contributed by atoms with E-state index in [0.717, 1.165) is 5.56 Å². The third kappa shape index (κ3) is 2.62. The van der Waals surface area contributed by atoms with Crippen molar-refractivity contribution in [3.63, 3.8) is 0 Å². The lowest BCUT2D eigenvalue weighted by atomic mass is 10.2. The highest BCUT2D eigenvalue weighted by Crippen LogP contribution is 2.18. The van der Waals surface area contributed by atoms with Gasteiger partial charge in [-0.15, -0.1) is 0 Å². The monoisotopic (exact) mass is 281 g/mol. The molecule has 3 aromatic rings. The molecule has 0 saturated carbocycles. The molecule has 104 valence electrons. The minimum atomic E-state index is -0.427. The van der Waals surface area contributed by atoms with Crippen molar-refractivity contribution >= 4 is 5.97 Å². The van der Waals surface area contributed by atoms with Gasteiger partial charge in [0, 0.05) is 24.2 Å². The molecule has 7 heteroatoms. The molecule has 0 spiro atoms. The molecule has 1 N–H and O–H groups in total. The van der Waals surface area contributed by atoms with E-state index in [1.54, 1.807) is 24.5 Å². The molecule has 0 atom stereocenters. The fourth-order valence-electron chi connectivity index (χ4n) is 1.78. The highest BCUT2D eigenvalue weighted by molar-refractivity contribution is 5.89. The third-order valence-electron chi connectivity index (χ3n) is 2.85. The summed E-state index contributed by atoms with van der Waals surface area (Å²) in [4.78, 5) is 23.8. The van der Waals surface area contributed by atoms with Crippen molar-refractivity contribution in [3.05, 3.63) is 48.4 Å². The van der Waals surface area contributed by atoms with Crippen LogP contribution in [-0.4, -0.2) is 38.2 Å². The van der Waals surface area contributed by atoms with Gasteiger partial charge in [-0.1, -0.05) is 0 Å². The van der Waals surface area contributed by atoms with E-state index in [-0.39, 0.29) is 0 Å². The zero-order valence-corrected chi connectivity index (χ0v) is 11.1. The van der Waals surface area contributed by atoms with Gasteiger partial charge in [-0.25, -0.2) is 9.78 Å². The molecule has 0 aliphatic carbocycles. The first-order valence-electron chi connectivity index (χ1n) is 6.15. The second-order valence-electron chi connectivity index (χ2n) is 4.17. The first kappa shape index (κ1) is 12.9. The number of carbonyl (C=O) groups excluding carboxylic acids is 1. The molecule has 0 fully saturated rings. The molecule has 0 unspecified atom stereocenters. The summed E-state index contributed by atoms with van der Waals surface area (Å²) >= 11 is 0. The van der Waals surface area contributed by atoms with Crippen LogP contribution >= 0.6 is 0 Å². The summed E-state index contributed by atoms with van der Waals surface area (Å²) in [6.45, 7) is 0. The van der Waals surface area contributed by atoms with Gasteiger partial charge in [0.25, 0.3) is 0 Å². The average molecular weight is 281 g/mol. The number of pyridine rings is 2. The van der Waals surface area contributed by atoms with Gasteiger partial charge in [0.2, 0.25) is 0 Å². The summed E-state index contributed by atoms with van der Waals surface area (Å²) < 4.78 is 4.62. The van der Waals surface area contributed by atoms with Crippen LogP contribution in [0, 0.1) is 0 Å². The second-order valence-corrected chi connectivity index (χ2v) is 4.17. The van der Waals surface area contributed by atoms with E-state index < -0.39 is 5.97 Å². The molecule has 0 aromatic carbocycles. The van der Waals surface area contributed by atoms with Gasteiger partial charge in [0.1, 0.15) is 5.69 Å². The van der Waals surface area contributed by atoms with Gasteiger partial charge in [-0.3, -0.25) is 15.1 Å². The maximum atomic E-state index is 11.3. The smallest absolute Gasteiger partial charge is 0.339 e. The van der Waals surface area contributed by atoms with Crippen LogP contribution < -0.4 is 0 Å². The highest BCUT2D eigenvalue weighted by Gasteiger charge is 2.10. The number of rotatable bonds is 3. The van der Waals surface area contributed by atoms with Crippen molar-refractivity contribution in [2.24, 2.45) is 0 Å². The fraction of sp³-hybridized carbons (Fsp3) is 0.0714. The Kier molecular flexibility index (Phi) is 3.38. The predicted molar refractivity (Wildman–Crippen MR) is 74.2 cm³/mol. The van der Waals surface area contributed by atoms with E-state index in [2.05, 4.69) is 29.9 Å². The quantitative estimate of drug-likeness (QED) is 0.734. The molecular formula is C14H11N5O2. The molecule has 21 heavy (non-hydrogen) atoms. The van der Waals surface area contributed by atoms with Gasteiger partial charge in [0.05, 0.1) is 12.7 Å². The molecule has 0 saturated heterocycles. The lowest BCUT2D eigenvalue weighted by Crippen LogP contribution is -2.01. The molecule has 3 aromatic heterocycles. The zero-order chi connectivity index (χ0) is 14.7. The van der Waals surface area contributed by atoms with Gasteiger partial charge in [-0.05, 0) is 24.3 Å². The number of esters is 1. The van der Waals surface area contributed by atoms with Crippen LogP contribution in [0.5, 0.6) is 0 Å². The molecule has 0 aliphatic rings. The molecule has 3 heterocycles. The molecule has 3 rings (SSSR count). The standard InChI is InChI=1S/C14H11N5O2/c1-21-14(20)10-2-3-11(16-8-10)13-17-12(18-19-13)9-4-6-15-7-5-9/h2-8H,1H3,(H,17,18,19). The number of hydrogen-bond donors (Lipinski definition) is 1. The normalized spacial score (nSPS) is 10.3. The molecular weight excluding hydrogens is 270 g/mol. The van der Waals surface area contributed by atoms with Gasteiger partial charge in [0.15, 0.2) is 11.6 Å². The number of ether oxygens (including phenoxy) is 1. The summed E-state index contributed by atoms with van der Waals surface area (Å²) in [5.41, 5.74) is 1.84. The van der Waals surface area contributed by atoms with Crippen molar-refractivity contribution < 1.29 is 9.53 Å². The first-order chi connectivity index (χ1) is 10.3. The van der Waals surface area contributed by atoms with Crippen molar-refractivity contribution in [2.75, 3.05) is 7.11 Å². The summed E-state index contributed by atoms with van der Waals surface area (Å²) in [5, 5.41) is 6.96. The van der Waals surface area contributed by atoms with E-state index in [1.165, 1.54) is 13.3 Å². The molecule has 0 aliphatic heterocycles. The molecule has 0 bridgehead atoms. The second kappa shape index (κ2) is 5.49. The Morgan fingerprint density at radius 3 is 2.67 bits per heavy atom. The maximum absolute atomic E-state index is 11.3. The largest absolute Gasteiger partial charge is 0.465 e. The predicted octanol–water partition coefficient (Wildman–Crippen LogP) is 1.72. The van der Waals surface area contributed by atoms with Crippen LogP contribution in [0.15, 0.2) is 42.9 Å². The van der Waals surface area contributed by atoms with Crippen LogP contribution in [0.2, 0.25) is 0 Å². The number of nitrogens with zero attached hydrogens (tertiary/aromatic N) is 4. The van der Waals surface area contributed by atoms with E-state index in [4.69, 9.17) is 0 Å². The lowest BCUT2D eigenvalue weighted by molar-refractivity contribution is 0.0600. The average Bonchev–Trinajstić information content (AvgIpc) is 3.05. The number of H-pyrrole nitrogens is 1. The van der Waals surface area contributed by atoms with Crippen LogP contribution in [-0.2, 0) is 4.74 Å². The fourth-order valence-corrected chi connectivity index (χ4v) is 1.78. The molecule has 7 nitrogen and oxygen atoms in total. The first-order valence-corrected chi connectivity index (χ1v) is 6.15. The van der Waals surface area contributed by atoms with Gasteiger partial charge < -0.3 is 4.74 Å². The summed E-state index contributed by atoms with van der Waals surface area (Å²) in [7, 11) is 1.33. The van der Waals surface area contributed by atoms with Crippen LogP contribution in [0.3, 0.4) is 0 Å². The van der Waals surface area contributed by atoms with Gasteiger partial charge >= 0.3 is 5.97 Å². The number of aromatic nitrogens is 5. The lowest BCUT2D eigenvalue weighted by Gasteiger charge is -1.99. The van der Waals surface area contributed by atoms with Crippen molar-refractivity contribution in [2.45, 2.75) is 0 Å². The van der Waals surface area contributed by atoms with E-state index in [1.807, 2.05) is 12.1 Å². The zero-order valence-electron chi connectivity index (χ0n) is 11.1. The Bertz CT molecular complexity index is 753. The summed E-state index contributed by atoms with van der Waals surface area (Å²) in [6, 6.07) is 6.95. The summed E-state index contributed by atoms with van der Waals surface area (Å²) in [6.07, 6.45) is 4.79. The number of nitrogens with one attached hydrogen (secondary N) is 1. The van der Waals surface area contributed by atoms with E-state index >= 15 is 0 Å². The van der Waals surface area contributed by atoms with Crippen molar-refractivity contribution in [3.8, 4) is 22.9 Å². The maximum Gasteiger partial charge on any atom is 0.339 e. The Balaban J connectivity index is 1.88. The Morgan fingerprint density at radius 2 is 2.00 bits per heavy atom. The van der Waals surface area contributed by atoms with Crippen molar-refractivity contribution in [1.29, 1.82) is 0 Å². The number of methoxy groups -OCH3 is 1. The number of carbonyl (C=O) groups is 1. The number of hydrogen-bond acceptors (Lipinski definition) is 6. The van der Waals surface area contributed by atoms with E-state index in [9.17, 15) is 4.79 Å². The highest BCUT2D eigenvalue weighted by atomic mass is 16.5. The minimum absolute atomic E-state index is 0.384.